The minimum atomic E-state index is -0.0332. The van der Waals surface area contributed by atoms with Crippen molar-refractivity contribution in [3.63, 3.8) is 0 Å². The number of rotatable bonds is 4. The zero-order valence-corrected chi connectivity index (χ0v) is 19.9. The number of aryl methyl sites for hydroxylation is 2. The highest BCUT2D eigenvalue weighted by Gasteiger charge is 2.33. The van der Waals surface area contributed by atoms with Crippen molar-refractivity contribution in [1.29, 1.82) is 0 Å². The van der Waals surface area contributed by atoms with E-state index in [0.717, 1.165) is 39.4 Å². The highest BCUT2D eigenvalue weighted by Crippen LogP contribution is 2.30. The van der Waals surface area contributed by atoms with Crippen molar-refractivity contribution in [1.82, 2.24) is 34.4 Å². The summed E-state index contributed by atoms with van der Waals surface area (Å²) in [7, 11) is 1.83. The Bertz CT molecular complexity index is 1560. The quantitative estimate of drug-likeness (QED) is 0.398. The molecule has 2 aromatic carbocycles. The van der Waals surface area contributed by atoms with Crippen LogP contribution in [0.3, 0.4) is 0 Å². The second-order valence-electron chi connectivity index (χ2n) is 9.15. The number of carbonyl (C=O) groups excluding carboxylic acids is 1. The molecular weight excluding hydrogens is 438 g/mol. The van der Waals surface area contributed by atoms with Crippen LogP contribution in [0.15, 0.2) is 66.9 Å². The minimum Gasteiger partial charge on any atom is -0.345 e. The second kappa shape index (κ2) is 8.16. The van der Waals surface area contributed by atoms with Crippen molar-refractivity contribution in [3.8, 4) is 22.9 Å². The summed E-state index contributed by atoms with van der Waals surface area (Å²) in [5.74, 6) is 1.40. The van der Waals surface area contributed by atoms with Crippen molar-refractivity contribution < 1.29 is 4.79 Å². The lowest BCUT2D eigenvalue weighted by molar-refractivity contribution is -0.126. The average molecular weight is 464 g/mol. The van der Waals surface area contributed by atoms with Crippen LogP contribution in [0.25, 0.3) is 33.7 Å². The van der Waals surface area contributed by atoms with Crippen LogP contribution >= 0.6 is 0 Å². The topological polar surface area (TPSA) is 81.7 Å². The van der Waals surface area contributed by atoms with E-state index < -0.39 is 0 Å². The van der Waals surface area contributed by atoms with Gasteiger partial charge in [0.2, 0.25) is 5.91 Å². The third-order valence-corrected chi connectivity index (χ3v) is 6.55. The molecule has 3 aromatic heterocycles. The van der Waals surface area contributed by atoms with Crippen molar-refractivity contribution in [2.75, 3.05) is 13.6 Å². The molecule has 174 valence electrons. The van der Waals surface area contributed by atoms with Gasteiger partial charge in [-0.2, -0.15) is 5.10 Å². The Morgan fingerprint density at radius 3 is 2.37 bits per heavy atom. The predicted molar refractivity (Wildman–Crippen MR) is 134 cm³/mol. The monoisotopic (exact) mass is 463 g/mol. The van der Waals surface area contributed by atoms with Gasteiger partial charge in [0.1, 0.15) is 11.5 Å². The van der Waals surface area contributed by atoms with Gasteiger partial charge in [-0.1, -0.05) is 30.3 Å². The smallest absolute Gasteiger partial charge is 0.223 e. The summed E-state index contributed by atoms with van der Waals surface area (Å²) in [6, 6.07) is 20.4. The first-order chi connectivity index (χ1) is 17.0. The summed E-state index contributed by atoms with van der Waals surface area (Å²) in [6.07, 6.45) is 2.21. The number of hydrogen-bond acceptors (Lipinski definition) is 5. The maximum absolute atomic E-state index is 12.3. The minimum absolute atomic E-state index is 0.0332. The Labute approximate surface area is 202 Å². The van der Waals surface area contributed by atoms with E-state index in [-0.39, 0.29) is 11.8 Å². The Hall–Kier alpha value is -4.33. The highest BCUT2D eigenvalue weighted by molar-refractivity contribution is 5.84. The van der Waals surface area contributed by atoms with Crippen LogP contribution < -0.4 is 0 Å². The normalized spacial score (nSPS) is 15.9. The predicted octanol–water partition coefficient (Wildman–Crippen LogP) is 4.23. The van der Waals surface area contributed by atoms with E-state index in [1.54, 1.807) is 11.1 Å². The molecule has 0 aliphatic carbocycles. The van der Waals surface area contributed by atoms with E-state index in [1.165, 1.54) is 0 Å². The van der Waals surface area contributed by atoms with Crippen LogP contribution in [-0.2, 0) is 4.79 Å². The van der Waals surface area contributed by atoms with Gasteiger partial charge in [0.15, 0.2) is 5.82 Å². The molecule has 1 saturated heterocycles. The number of likely N-dealkylation sites (tertiary alicyclic amines) is 1. The van der Waals surface area contributed by atoms with Gasteiger partial charge in [0.05, 0.1) is 23.3 Å². The fourth-order valence-electron chi connectivity index (χ4n) is 4.77. The molecule has 1 atom stereocenters. The van der Waals surface area contributed by atoms with Gasteiger partial charge in [-0.25, -0.2) is 14.3 Å². The van der Waals surface area contributed by atoms with Crippen molar-refractivity contribution in [2.24, 2.45) is 0 Å². The summed E-state index contributed by atoms with van der Waals surface area (Å²) in [5.41, 5.74) is 4.49. The molecule has 5 aromatic rings. The summed E-state index contributed by atoms with van der Waals surface area (Å²) in [6.45, 7) is 4.61. The van der Waals surface area contributed by atoms with Crippen LogP contribution in [0, 0.1) is 13.8 Å². The van der Waals surface area contributed by atoms with Crippen LogP contribution in [0.4, 0.5) is 0 Å². The molecule has 4 heterocycles. The Balaban J connectivity index is 1.43. The van der Waals surface area contributed by atoms with E-state index >= 15 is 0 Å². The number of fused-ring (bicyclic) bond motifs is 1. The standard InChI is InChI=1S/C27H25N7O/c1-17-12-18(2)33(30-17)23-10-11-24(28-15-23)26-29-27(21-14-25(35)32(3)16-21)34(31-26)22-9-8-19-6-4-5-7-20(19)13-22/h4-13,15,21H,14,16H2,1-3H3. The van der Waals surface area contributed by atoms with E-state index in [0.29, 0.717) is 24.5 Å². The van der Waals surface area contributed by atoms with E-state index in [1.807, 2.05) is 66.7 Å². The summed E-state index contributed by atoms with van der Waals surface area (Å²) >= 11 is 0. The van der Waals surface area contributed by atoms with Crippen LogP contribution in [0.5, 0.6) is 0 Å². The number of nitrogens with zero attached hydrogens (tertiary/aromatic N) is 7. The fraction of sp³-hybridized carbons (Fsp3) is 0.222. The van der Waals surface area contributed by atoms with E-state index in [9.17, 15) is 4.79 Å². The molecule has 0 N–H and O–H groups in total. The SMILES string of the molecule is Cc1cc(C)n(-c2ccc(-c3nc(C4CC(=O)N(C)C4)n(-c4ccc5ccccc5c4)n3)nc2)n1. The van der Waals surface area contributed by atoms with Crippen LogP contribution in [0.2, 0.25) is 0 Å². The maximum Gasteiger partial charge on any atom is 0.223 e. The first kappa shape index (κ1) is 21.2. The number of carbonyl (C=O) groups is 1. The number of likely N-dealkylation sites (N-methyl/N-ethyl adjacent to an activating group) is 1. The zero-order valence-electron chi connectivity index (χ0n) is 19.9. The fourth-order valence-corrected chi connectivity index (χ4v) is 4.77. The van der Waals surface area contributed by atoms with Gasteiger partial charge in [0.25, 0.3) is 0 Å². The number of amides is 1. The lowest BCUT2D eigenvalue weighted by atomic mass is 10.1. The summed E-state index contributed by atoms with van der Waals surface area (Å²) in [5, 5.41) is 11.7. The molecule has 1 amide bonds. The Kier molecular flexibility index (Phi) is 4.95. The van der Waals surface area contributed by atoms with Crippen molar-refractivity contribution >= 4 is 16.7 Å². The zero-order chi connectivity index (χ0) is 24.1. The van der Waals surface area contributed by atoms with Gasteiger partial charge in [-0.15, -0.1) is 5.10 Å². The summed E-state index contributed by atoms with van der Waals surface area (Å²) in [4.78, 5) is 23.6. The molecule has 1 aliphatic rings. The van der Waals surface area contributed by atoms with E-state index in [4.69, 9.17) is 10.1 Å². The Morgan fingerprint density at radius 2 is 1.69 bits per heavy atom. The third-order valence-electron chi connectivity index (χ3n) is 6.55. The van der Waals surface area contributed by atoms with Crippen molar-refractivity contribution in [2.45, 2.75) is 26.2 Å². The molecule has 8 heteroatoms. The molecule has 0 radical (unpaired) electrons. The molecular formula is C27H25N7O. The summed E-state index contributed by atoms with van der Waals surface area (Å²) < 4.78 is 3.74. The molecule has 35 heavy (non-hydrogen) atoms. The Morgan fingerprint density at radius 1 is 0.886 bits per heavy atom. The van der Waals surface area contributed by atoms with Gasteiger partial charge in [0, 0.05) is 31.6 Å². The van der Waals surface area contributed by atoms with Crippen LogP contribution in [0.1, 0.15) is 29.6 Å². The number of pyridine rings is 1. The molecule has 0 bridgehead atoms. The molecule has 6 rings (SSSR count). The van der Waals surface area contributed by atoms with Crippen LogP contribution in [-0.4, -0.2) is 53.9 Å². The average Bonchev–Trinajstić information content (AvgIpc) is 3.55. The molecule has 1 fully saturated rings. The maximum atomic E-state index is 12.3. The van der Waals surface area contributed by atoms with Gasteiger partial charge < -0.3 is 4.90 Å². The first-order valence-electron chi connectivity index (χ1n) is 11.7. The van der Waals surface area contributed by atoms with Gasteiger partial charge >= 0.3 is 0 Å². The second-order valence-corrected chi connectivity index (χ2v) is 9.15. The number of aromatic nitrogens is 6. The molecule has 0 spiro atoms. The highest BCUT2D eigenvalue weighted by atomic mass is 16.2. The molecule has 0 saturated carbocycles. The number of hydrogen-bond donors (Lipinski definition) is 0. The van der Waals surface area contributed by atoms with Gasteiger partial charge in [-0.3, -0.25) is 9.78 Å². The number of benzene rings is 2. The molecule has 1 unspecified atom stereocenters. The third kappa shape index (κ3) is 3.77. The lowest BCUT2D eigenvalue weighted by Crippen LogP contribution is -2.19. The van der Waals surface area contributed by atoms with Gasteiger partial charge in [-0.05, 0) is 55.0 Å². The van der Waals surface area contributed by atoms with Crippen molar-refractivity contribution in [3.05, 3.63) is 84.1 Å². The largest absolute Gasteiger partial charge is 0.345 e. The lowest BCUT2D eigenvalue weighted by Gasteiger charge is -2.12. The molecule has 8 nitrogen and oxygen atoms in total. The first-order valence-corrected chi connectivity index (χ1v) is 11.7. The molecule has 1 aliphatic heterocycles. The van der Waals surface area contributed by atoms with E-state index in [2.05, 4.69) is 34.3 Å².